The zero-order valence-electron chi connectivity index (χ0n) is 17.3. The van der Waals surface area contributed by atoms with Crippen molar-refractivity contribution in [3.63, 3.8) is 0 Å². The molecule has 0 spiro atoms. The lowest BCUT2D eigenvalue weighted by Gasteiger charge is -2.24. The zero-order valence-corrected chi connectivity index (χ0v) is 18.1. The van der Waals surface area contributed by atoms with Crippen molar-refractivity contribution in [1.82, 2.24) is 15.1 Å². The Morgan fingerprint density at radius 2 is 1.77 bits per heavy atom. The molecule has 0 aromatic heterocycles. The molecule has 30 heavy (non-hydrogen) atoms. The summed E-state index contributed by atoms with van der Waals surface area (Å²) in [7, 11) is 0. The second-order valence-corrected chi connectivity index (χ2v) is 9.02. The van der Waals surface area contributed by atoms with Crippen molar-refractivity contribution < 1.29 is 9.59 Å². The van der Waals surface area contributed by atoms with E-state index in [-0.39, 0.29) is 17.2 Å². The van der Waals surface area contributed by atoms with Gasteiger partial charge in [0.2, 0.25) is 5.91 Å². The molecule has 2 amide bonds. The van der Waals surface area contributed by atoms with Gasteiger partial charge >= 0.3 is 0 Å². The highest BCUT2D eigenvalue weighted by molar-refractivity contribution is 8.00. The predicted octanol–water partition coefficient (Wildman–Crippen LogP) is 3.68. The molecule has 2 aliphatic heterocycles. The third kappa shape index (κ3) is 5.24. The molecule has 2 aromatic carbocycles. The molecule has 0 unspecified atom stereocenters. The average molecular weight is 424 g/mol. The molecule has 0 aliphatic carbocycles. The highest BCUT2D eigenvalue weighted by atomic mass is 32.2. The summed E-state index contributed by atoms with van der Waals surface area (Å²) < 4.78 is 0. The maximum atomic E-state index is 12.4. The van der Waals surface area contributed by atoms with Crippen LogP contribution in [0.4, 0.5) is 0 Å². The number of carbonyl (C=O) groups is 2. The van der Waals surface area contributed by atoms with Gasteiger partial charge in [0.1, 0.15) is 5.37 Å². The van der Waals surface area contributed by atoms with Gasteiger partial charge in [0.05, 0.1) is 5.75 Å². The number of carbonyl (C=O) groups excluding carboxylic acids is 2. The third-order valence-corrected chi connectivity index (χ3v) is 7.01. The monoisotopic (exact) mass is 423 g/mol. The molecule has 1 atom stereocenters. The van der Waals surface area contributed by atoms with E-state index in [0.717, 1.165) is 24.1 Å². The van der Waals surface area contributed by atoms with Gasteiger partial charge in [0, 0.05) is 18.7 Å². The van der Waals surface area contributed by atoms with Crippen LogP contribution in [-0.4, -0.2) is 53.5 Å². The summed E-state index contributed by atoms with van der Waals surface area (Å²) in [5.74, 6) is 0.629. The molecule has 2 heterocycles. The van der Waals surface area contributed by atoms with Crippen LogP contribution in [0.5, 0.6) is 0 Å². The highest BCUT2D eigenvalue weighted by Gasteiger charge is 2.32. The van der Waals surface area contributed by atoms with Crippen molar-refractivity contribution in [2.75, 3.05) is 31.9 Å². The highest BCUT2D eigenvalue weighted by Crippen LogP contribution is 2.39. The molecule has 1 N–H and O–H groups in total. The van der Waals surface area contributed by atoms with Gasteiger partial charge in [-0.3, -0.25) is 9.59 Å². The lowest BCUT2D eigenvalue weighted by atomic mass is 10.1. The first-order valence-electron chi connectivity index (χ1n) is 10.8. The smallest absolute Gasteiger partial charge is 0.251 e. The minimum Gasteiger partial charge on any atom is -0.352 e. The summed E-state index contributed by atoms with van der Waals surface area (Å²) in [4.78, 5) is 29.2. The molecule has 0 radical (unpaired) electrons. The summed E-state index contributed by atoms with van der Waals surface area (Å²) in [6.45, 7) is 4.76. The van der Waals surface area contributed by atoms with E-state index in [1.165, 1.54) is 25.9 Å². The number of amides is 2. The molecule has 158 valence electrons. The Morgan fingerprint density at radius 3 is 2.50 bits per heavy atom. The van der Waals surface area contributed by atoms with Crippen LogP contribution in [0.15, 0.2) is 54.6 Å². The van der Waals surface area contributed by atoms with E-state index in [9.17, 15) is 9.59 Å². The minimum atomic E-state index is -0.0285. The maximum Gasteiger partial charge on any atom is 0.251 e. The fraction of sp³-hybridized carbons (Fsp3) is 0.417. The molecule has 6 heteroatoms. The van der Waals surface area contributed by atoms with Crippen molar-refractivity contribution in [3.8, 4) is 0 Å². The Hall–Kier alpha value is -2.31. The van der Waals surface area contributed by atoms with Crippen LogP contribution >= 0.6 is 11.8 Å². The van der Waals surface area contributed by atoms with E-state index in [4.69, 9.17) is 0 Å². The van der Waals surface area contributed by atoms with E-state index in [2.05, 4.69) is 10.2 Å². The van der Waals surface area contributed by atoms with E-state index in [1.807, 2.05) is 59.5 Å². The van der Waals surface area contributed by atoms with Crippen LogP contribution in [0.3, 0.4) is 0 Å². The Labute approximate surface area is 182 Å². The Balaban J connectivity index is 1.31. The first-order chi connectivity index (χ1) is 14.7. The van der Waals surface area contributed by atoms with Crippen molar-refractivity contribution in [2.24, 2.45) is 0 Å². The number of likely N-dealkylation sites (tertiary alicyclic amines) is 1. The lowest BCUT2D eigenvalue weighted by Crippen LogP contribution is -2.29. The first kappa shape index (κ1) is 20.9. The number of nitrogens with one attached hydrogen (secondary N) is 1. The Kier molecular flexibility index (Phi) is 7.07. The maximum absolute atomic E-state index is 12.4. The SMILES string of the molecule is O=C(NCCCN1CCCC1)c1ccc([C@@H]2SCC(=O)N2Cc2ccccc2)cc1. The molecular weight excluding hydrogens is 394 g/mol. The number of benzene rings is 2. The topological polar surface area (TPSA) is 52.7 Å². The normalized spacial score (nSPS) is 19.4. The second-order valence-electron chi connectivity index (χ2n) is 7.95. The van der Waals surface area contributed by atoms with Gasteiger partial charge in [-0.25, -0.2) is 0 Å². The van der Waals surface area contributed by atoms with E-state index >= 15 is 0 Å². The molecular formula is C24H29N3O2S. The Bertz CT molecular complexity index is 851. The lowest BCUT2D eigenvalue weighted by molar-refractivity contribution is -0.128. The Morgan fingerprint density at radius 1 is 1.03 bits per heavy atom. The summed E-state index contributed by atoms with van der Waals surface area (Å²) in [6.07, 6.45) is 3.58. The van der Waals surface area contributed by atoms with Gasteiger partial charge in [-0.1, -0.05) is 42.5 Å². The summed E-state index contributed by atoms with van der Waals surface area (Å²) in [5, 5.41) is 3.02. The quantitative estimate of drug-likeness (QED) is 0.658. The molecule has 0 saturated carbocycles. The standard InChI is InChI=1S/C24H29N3O2S/c28-22-18-30-24(27(22)17-19-7-2-1-3-8-19)21-11-9-20(10-12-21)23(29)25-13-6-16-26-14-4-5-15-26/h1-3,7-12,24H,4-6,13-18H2,(H,25,29)/t24-/m0/s1. The second kappa shape index (κ2) is 10.1. The van der Waals surface area contributed by atoms with Gasteiger partial charge < -0.3 is 15.1 Å². The number of hydrogen-bond acceptors (Lipinski definition) is 4. The summed E-state index contributed by atoms with van der Waals surface area (Å²) >= 11 is 1.65. The number of nitrogens with zero attached hydrogens (tertiary/aromatic N) is 2. The largest absolute Gasteiger partial charge is 0.352 e. The van der Waals surface area contributed by atoms with Crippen LogP contribution in [0, 0.1) is 0 Å². The molecule has 2 fully saturated rings. The number of thioether (sulfide) groups is 1. The fourth-order valence-corrected chi connectivity index (χ4v) is 5.28. The molecule has 2 aliphatic rings. The minimum absolute atomic E-state index is 0.00437. The van der Waals surface area contributed by atoms with Crippen LogP contribution in [-0.2, 0) is 11.3 Å². The molecule has 0 bridgehead atoms. The van der Waals surface area contributed by atoms with Gasteiger partial charge in [0.25, 0.3) is 5.91 Å². The van der Waals surface area contributed by atoms with Crippen molar-refractivity contribution in [1.29, 1.82) is 0 Å². The predicted molar refractivity (Wildman–Crippen MR) is 121 cm³/mol. The number of hydrogen-bond donors (Lipinski definition) is 1. The number of rotatable bonds is 8. The summed E-state index contributed by atoms with van der Waals surface area (Å²) in [6, 6.07) is 17.8. The van der Waals surface area contributed by atoms with Crippen molar-refractivity contribution in [3.05, 3.63) is 71.3 Å². The molecule has 2 aromatic rings. The van der Waals surface area contributed by atoms with Crippen LogP contribution < -0.4 is 5.32 Å². The molecule has 5 nitrogen and oxygen atoms in total. The van der Waals surface area contributed by atoms with Crippen LogP contribution in [0.25, 0.3) is 0 Å². The van der Waals surface area contributed by atoms with Gasteiger partial charge in [-0.05, 0) is 62.2 Å². The van der Waals surface area contributed by atoms with Gasteiger partial charge in [-0.2, -0.15) is 0 Å². The average Bonchev–Trinajstić information content (AvgIpc) is 3.42. The fourth-order valence-electron chi connectivity index (χ4n) is 4.09. The van der Waals surface area contributed by atoms with Gasteiger partial charge in [-0.15, -0.1) is 11.8 Å². The zero-order chi connectivity index (χ0) is 20.8. The van der Waals surface area contributed by atoms with Crippen LogP contribution in [0.1, 0.15) is 46.1 Å². The van der Waals surface area contributed by atoms with Crippen molar-refractivity contribution in [2.45, 2.75) is 31.2 Å². The molecule has 4 rings (SSSR count). The first-order valence-corrected chi connectivity index (χ1v) is 11.8. The molecule has 2 saturated heterocycles. The van der Waals surface area contributed by atoms with E-state index in [1.54, 1.807) is 11.8 Å². The summed E-state index contributed by atoms with van der Waals surface area (Å²) in [5.41, 5.74) is 2.86. The van der Waals surface area contributed by atoms with Crippen molar-refractivity contribution >= 4 is 23.6 Å². The third-order valence-electron chi connectivity index (χ3n) is 5.76. The van der Waals surface area contributed by atoms with Gasteiger partial charge in [0.15, 0.2) is 0 Å². The van der Waals surface area contributed by atoms with E-state index in [0.29, 0.717) is 24.4 Å². The van der Waals surface area contributed by atoms with E-state index < -0.39 is 0 Å². The van der Waals surface area contributed by atoms with Crippen LogP contribution in [0.2, 0.25) is 0 Å².